The number of anilines is 2. The van der Waals surface area contributed by atoms with Gasteiger partial charge in [-0.3, -0.25) is 10.1 Å². The molecule has 0 fully saturated rings. The summed E-state index contributed by atoms with van der Waals surface area (Å²) < 4.78 is 9.00. The summed E-state index contributed by atoms with van der Waals surface area (Å²) in [4.78, 5) is 16.0. The summed E-state index contributed by atoms with van der Waals surface area (Å²) in [6.07, 6.45) is 0. The summed E-state index contributed by atoms with van der Waals surface area (Å²) in [5, 5.41) is 3.12. The number of hydrogen-bond acceptors (Lipinski definition) is 6. The van der Waals surface area contributed by atoms with E-state index in [1.165, 1.54) is 7.11 Å². The molecule has 0 spiro atoms. The molecule has 1 aromatic heterocycles. The maximum atomic E-state index is 11.9. The van der Waals surface area contributed by atoms with E-state index < -0.39 is 0 Å². The van der Waals surface area contributed by atoms with E-state index in [0.29, 0.717) is 28.0 Å². The fourth-order valence-corrected chi connectivity index (χ4v) is 1.96. The van der Waals surface area contributed by atoms with Crippen molar-refractivity contribution in [1.29, 1.82) is 0 Å². The molecule has 0 atom stereocenters. The van der Waals surface area contributed by atoms with Gasteiger partial charge in [0.25, 0.3) is 5.91 Å². The van der Waals surface area contributed by atoms with Crippen molar-refractivity contribution in [2.24, 2.45) is 0 Å². The first-order valence-electron chi connectivity index (χ1n) is 5.15. The highest BCUT2D eigenvalue weighted by Gasteiger charge is 2.10. The molecule has 1 aromatic carbocycles. The molecule has 1 amide bonds. The van der Waals surface area contributed by atoms with Crippen LogP contribution >= 0.6 is 11.5 Å². The first-order valence-corrected chi connectivity index (χ1v) is 5.92. The molecule has 0 aliphatic carbocycles. The number of aryl methyl sites for hydroxylation is 1. The molecule has 2 aromatic rings. The number of nitrogens with zero attached hydrogens (tertiary/aromatic N) is 2. The molecule has 0 aliphatic rings. The quantitative estimate of drug-likeness (QED) is 0.823. The standard InChI is InChI=1S/C11H12N4O2S/c1-6-13-11(18-15-6)14-10(16)7-3-4-9(17-2)8(12)5-7/h3-5H,12H2,1-2H3,(H,13,14,15,16). The zero-order valence-electron chi connectivity index (χ0n) is 9.93. The lowest BCUT2D eigenvalue weighted by Crippen LogP contribution is -2.12. The molecule has 18 heavy (non-hydrogen) atoms. The first kappa shape index (κ1) is 12.3. The number of nitrogens with one attached hydrogen (secondary N) is 1. The number of benzene rings is 1. The average Bonchev–Trinajstić information content (AvgIpc) is 2.74. The fraction of sp³-hybridized carbons (Fsp3) is 0.182. The van der Waals surface area contributed by atoms with Gasteiger partial charge in [0.1, 0.15) is 11.6 Å². The highest BCUT2D eigenvalue weighted by Crippen LogP contribution is 2.22. The van der Waals surface area contributed by atoms with Crippen LogP contribution in [0.3, 0.4) is 0 Å². The van der Waals surface area contributed by atoms with E-state index in [9.17, 15) is 4.79 Å². The average molecular weight is 264 g/mol. The van der Waals surface area contributed by atoms with Gasteiger partial charge in [-0.1, -0.05) is 0 Å². The number of amides is 1. The number of aromatic nitrogens is 2. The van der Waals surface area contributed by atoms with E-state index >= 15 is 0 Å². The number of rotatable bonds is 3. The van der Waals surface area contributed by atoms with Crippen LogP contribution in [-0.2, 0) is 0 Å². The van der Waals surface area contributed by atoms with Crippen LogP contribution in [0.15, 0.2) is 18.2 Å². The molecule has 0 saturated carbocycles. The molecular weight excluding hydrogens is 252 g/mol. The van der Waals surface area contributed by atoms with Crippen LogP contribution in [0.1, 0.15) is 16.2 Å². The second-order valence-electron chi connectivity index (χ2n) is 3.56. The largest absolute Gasteiger partial charge is 0.495 e. The Morgan fingerprint density at radius 1 is 1.50 bits per heavy atom. The summed E-state index contributed by atoms with van der Waals surface area (Å²) in [5.41, 5.74) is 6.60. The van der Waals surface area contributed by atoms with Crippen LogP contribution in [-0.4, -0.2) is 22.4 Å². The van der Waals surface area contributed by atoms with E-state index in [1.54, 1.807) is 25.1 Å². The topological polar surface area (TPSA) is 90.1 Å². The number of hydrogen-bond donors (Lipinski definition) is 2. The number of methoxy groups -OCH3 is 1. The Kier molecular flexibility index (Phi) is 3.42. The third-order valence-corrected chi connectivity index (χ3v) is 2.96. The van der Waals surface area contributed by atoms with Crippen LogP contribution in [0.25, 0.3) is 0 Å². The number of nitrogen functional groups attached to an aromatic ring is 1. The molecular formula is C11H12N4O2S. The van der Waals surface area contributed by atoms with Crippen molar-refractivity contribution in [2.75, 3.05) is 18.2 Å². The minimum atomic E-state index is -0.277. The monoisotopic (exact) mass is 264 g/mol. The van der Waals surface area contributed by atoms with E-state index in [2.05, 4.69) is 14.7 Å². The maximum absolute atomic E-state index is 11.9. The van der Waals surface area contributed by atoms with Gasteiger partial charge in [-0.2, -0.15) is 4.37 Å². The van der Waals surface area contributed by atoms with Crippen molar-refractivity contribution in [1.82, 2.24) is 9.36 Å². The molecule has 0 unspecified atom stereocenters. The molecule has 6 nitrogen and oxygen atoms in total. The van der Waals surface area contributed by atoms with Crippen LogP contribution in [0.4, 0.5) is 10.8 Å². The lowest BCUT2D eigenvalue weighted by molar-refractivity contribution is 0.102. The molecule has 0 saturated heterocycles. The number of ether oxygens (including phenoxy) is 1. The third-order valence-electron chi connectivity index (χ3n) is 2.24. The van der Waals surface area contributed by atoms with Gasteiger partial charge in [0.15, 0.2) is 0 Å². The lowest BCUT2D eigenvalue weighted by Gasteiger charge is -2.06. The molecule has 2 rings (SSSR count). The van der Waals surface area contributed by atoms with Crippen LogP contribution in [0.5, 0.6) is 5.75 Å². The number of nitrogens with two attached hydrogens (primary N) is 1. The molecule has 3 N–H and O–H groups in total. The Balaban J connectivity index is 2.16. The lowest BCUT2D eigenvalue weighted by atomic mass is 10.2. The fourth-order valence-electron chi connectivity index (χ4n) is 1.39. The molecule has 0 aliphatic heterocycles. The number of carbonyl (C=O) groups is 1. The Labute approximate surface area is 108 Å². The van der Waals surface area contributed by atoms with Crippen molar-refractivity contribution >= 4 is 28.3 Å². The van der Waals surface area contributed by atoms with Gasteiger partial charge < -0.3 is 10.5 Å². The highest BCUT2D eigenvalue weighted by atomic mass is 32.1. The second-order valence-corrected chi connectivity index (χ2v) is 4.31. The van der Waals surface area contributed by atoms with Crippen molar-refractivity contribution in [3.63, 3.8) is 0 Å². The normalized spacial score (nSPS) is 10.1. The molecule has 0 bridgehead atoms. The predicted octanol–water partition coefficient (Wildman–Crippen LogP) is 1.69. The van der Waals surface area contributed by atoms with Gasteiger partial charge in [-0.15, -0.1) is 0 Å². The van der Waals surface area contributed by atoms with Gasteiger partial charge in [-0.25, -0.2) is 4.98 Å². The van der Waals surface area contributed by atoms with Gasteiger partial charge in [-0.05, 0) is 25.1 Å². The summed E-state index contributed by atoms with van der Waals surface area (Å²) in [7, 11) is 1.52. The molecule has 7 heteroatoms. The Morgan fingerprint density at radius 3 is 2.83 bits per heavy atom. The molecule has 0 radical (unpaired) electrons. The van der Waals surface area contributed by atoms with Crippen molar-refractivity contribution in [3.05, 3.63) is 29.6 Å². The maximum Gasteiger partial charge on any atom is 0.257 e. The van der Waals surface area contributed by atoms with Crippen molar-refractivity contribution < 1.29 is 9.53 Å². The van der Waals surface area contributed by atoms with E-state index in [-0.39, 0.29) is 5.91 Å². The first-order chi connectivity index (χ1) is 8.60. The molecule has 1 heterocycles. The van der Waals surface area contributed by atoms with E-state index in [4.69, 9.17) is 10.5 Å². The summed E-state index contributed by atoms with van der Waals surface area (Å²) in [6, 6.07) is 4.84. The van der Waals surface area contributed by atoms with Gasteiger partial charge in [0, 0.05) is 17.1 Å². The number of carbonyl (C=O) groups excluding carboxylic acids is 1. The van der Waals surface area contributed by atoms with Crippen LogP contribution in [0.2, 0.25) is 0 Å². The zero-order valence-corrected chi connectivity index (χ0v) is 10.7. The van der Waals surface area contributed by atoms with Gasteiger partial charge in [0.2, 0.25) is 5.13 Å². The van der Waals surface area contributed by atoms with Gasteiger partial charge >= 0.3 is 0 Å². The van der Waals surface area contributed by atoms with E-state index in [1.807, 2.05) is 0 Å². The van der Waals surface area contributed by atoms with Crippen molar-refractivity contribution in [3.8, 4) is 5.75 Å². The van der Waals surface area contributed by atoms with Crippen LogP contribution < -0.4 is 15.8 Å². The second kappa shape index (κ2) is 5.01. The minimum absolute atomic E-state index is 0.277. The van der Waals surface area contributed by atoms with Gasteiger partial charge in [0.05, 0.1) is 12.8 Å². The zero-order chi connectivity index (χ0) is 13.1. The highest BCUT2D eigenvalue weighted by molar-refractivity contribution is 7.09. The van der Waals surface area contributed by atoms with Crippen molar-refractivity contribution in [2.45, 2.75) is 6.92 Å². The smallest absolute Gasteiger partial charge is 0.257 e. The van der Waals surface area contributed by atoms with E-state index in [0.717, 1.165) is 11.5 Å². The van der Waals surface area contributed by atoms with Crippen LogP contribution in [0, 0.1) is 6.92 Å². The minimum Gasteiger partial charge on any atom is -0.495 e. The summed E-state index contributed by atoms with van der Waals surface area (Å²) in [6.45, 7) is 1.76. The predicted molar refractivity (Wildman–Crippen MR) is 70.0 cm³/mol. The third kappa shape index (κ3) is 2.57. The summed E-state index contributed by atoms with van der Waals surface area (Å²) in [5.74, 6) is 0.892. The Hall–Kier alpha value is -2.15. The Morgan fingerprint density at radius 2 is 2.28 bits per heavy atom. The molecule has 94 valence electrons. The summed E-state index contributed by atoms with van der Waals surface area (Å²) >= 11 is 1.14. The Bertz CT molecular complexity index is 582. The SMILES string of the molecule is COc1ccc(C(=O)Nc2nc(C)ns2)cc1N.